The zero-order chi connectivity index (χ0) is 14.5. The minimum Gasteiger partial charge on any atom is -0.461 e. The highest BCUT2D eigenvalue weighted by atomic mass is 16.3. The number of rotatable bonds is 7. The van der Waals surface area contributed by atoms with Crippen molar-refractivity contribution in [2.24, 2.45) is 0 Å². The summed E-state index contributed by atoms with van der Waals surface area (Å²) in [5, 5.41) is 4.66. The van der Waals surface area contributed by atoms with E-state index in [1.165, 1.54) is 17.4 Å². The fourth-order valence-corrected chi connectivity index (χ4v) is 2.58. The number of para-hydroxylation sites is 1. The van der Waals surface area contributed by atoms with Crippen molar-refractivity contribution in [3.05, 3.63) is 53.8 Å². The number of benzene rings is 1. The van der Waals surface area contributed by atoms with E-state index in [9.17, 15) is 0 Å². The van der Waals surface area contributed by atoms with Crippen molar-refractivity contribution in [3.63, 3.8) is 0 Å². The van der Waals surface area contributed by atoms with Crippen LogP contribution >= 0.6 is 0 Å². The van der Waals surface area contributed by atoms with Crippen LogP contribution in [-0.4, -0.2) is 9.97 Å². The minimum absolute atomic E-state index is 0.736. The van der Waals surface area contributed by atoms with Gasteiger partial charge in [-0.2, -0.15) is 0 Å². The molecule has 0 radical (unpaired) electrons. The highest BCUT2D eigenvalue weighted by Crippen LogP contribution is 2.27. The average Bonchev–Trinajstić information content (AvgIpc) is 3.13. The third-order valence-electron chi connectivity index (χ3n) is 3.69. The Morgan fingerprint density at radius 1 is 1.24 bits per heavy atom. The first kappa shape index (κ1) is 13.9. The van der Waals surface area contributed by atoms with Crippen LogP contribution in [0.3, 0.4) is 0 Å². The largest absolute Gasteiger partial charge is 0.461 e. The summed E-state index contributed by atoms with van der Waals surface area (Å²) >= 11 is 0. The Morgan fingerprint density at radius 2 is 2.14 bits per heavy atom. The third-order valence-corrected chi connectivity index (χ3v) is 3.69. The van der Waals surface area contributed by atoms with Gasteiger partial charge in [0.1, 0.15) is 17.2 Å². The predicted octanol–water partition coefficient (Wildman–Crippen LogP) is 3.79. The molecule has 3 aromatic rings. The molecule has 0 aliphatic carbocycles. The molecule has 0 bridgehead atoms. The molecular weight excluding hydrogens is 262 g/mol. The predicted molar refractivity (Wildman–Crippen MR) is 84.0 cm³/mol. The molecule has 4 heteroatoms. The van der Waals surface area contributed by atoms with E-state index < -0.39 is 0 Å². The van der Waals surface area contributed by atoms with Crippen molar-refractivity contribution < 1.29 is 4.42 Å². The van der Waals surface area contributed by atoms with Gasteiger partial charge in [0, 0.05) is 36.3 Å². The van der Waals surface area contributed by atoms with Gasteiger partial charge in [0.2, 0.25) is 0 Å². The number of aromatic nitrogens is 2. The average molecular weight is 283 g/mol. The number of fused-ring (bicyclic) bond motifs is 1. The standard InChI is InChI=1S/C17H21N3O/c1-2-3-7-16-14(11-18-12-17-19-9-10-20-17)13-6-4-5-8-15(13)21-16/h4-6,8-10,18H,2-3,7,11-12H2,1H3,(H,19,20). The summed E-state index contributed by atoms with van der Waals surface area (Å²) in [6, 6.07) is 8.27. The maximum atomic E-state index is 6.03. The number of imidazole rings is 1. The second-order valence-corrected chi connectivity index (χ2v) is 5.24. The number of aromatic amines is 1. The van der Waals surface area contributed by atoms with Crippen LogP contribution in [0.4, 0.5) is 0 Å². The van der Waals surface area contributed by atoms with Crippen molar-refractivity contribution in [1.29, 1.82) is 0 Å². The molecule has 0 saturated carbocycles. The molecule has 4 nitrogen and oxygen atoms in total. The number of H-pyrrole nitrogens is 1. The maximum Gasteiger partial charge on any atom is 0.134 e. The van der Waals surface area contributed by atoms with Crippen LogP contribution < -0.4 is 5.32 Å². The molecule has 0 fully saturated rings. The Balaban J connectivity index is 1.77. The first-order valence-electron chi connectivity index (χ1n) is 7.56. The molecule has 0 unspecified atom stereocenters. The van der Waals surface area contributed by atoms with Gasteiger partial charge in [0.15, 0.2) is 0 Å². The SMILES string of the molecule is CCCCc1oc2ccccc2c1CNCc1ncc[nH]1. The van der Waals surface area contributed by atoms with E-state index in [0.717, 1.165) is 43.1 Å². The topological polar surface area (TPSA) is 53.9 Å². The lowest BCUT2D eigenvalue weighted by Crippen LogP contribution is -2.14. The molecule has 1 aromatic carbocycles. The molecule has 3 rings (SSSR count). The molecule has 0 atom stereocenters. The first-order chi connectivity index (χ1) is 10.4. The van der Waals surface area contributed by atoms with E-state index in [4.69, 9.17) is 4.42 Å². The van der Waals surface area contributed by atoms with E-state index in [2.05, 4.69) is 34.3 Å². The smallest absolute Gasteiger partial charge is 0.134 e. The molecular formula is C17H21N3O. The summed E-state index contributed by atoms with van der Waals surface area (Å²) in [5.74, 6) is 2.07. The Labute approximate surface area is 124 Å². The van der Waals surface area contributed by atoms with Crippen LogP contribution in [0.25, 0.3) is 11.0 Å². The Morgan fingerprint density at radius 3 is 2.95 bits per heavy atom. The second kappa shape index (κ2) is 6.59. The number of nitrogens with zero attached hydrogens (tertiary/aromatic N) is 1. The fraction of sp³-hybridized carbons (Fsp3) is 0.353. The molecule has 2 N–H and O–H groups in total. The van der Waals surface area contributed by atoms with Gasteiger partial charge in [-0.1, -0.05) is 31.5 Å². The van der Waals surface area contributed by atoms with Crippen LogP contribution in [0.5, 0.6) is 0 Å². The highest BCUT2D eigenvalue weighted by molar-refractivity contribution is 5.82. The molecule has 0 saturated heterocycles. The fourth-order valence-electron chi connectivity index (χ4n) is 2.58. The normalized spacial score (nSPS) is 11.3. The van der Waals surface area contributed by atoms with E-state index >= 15 is 0 Å². The summed E-state index contributed by atoms with van der Waals surface area (Å²) in [6.07, 6.45) is 6.96. The summed E-state index contributed by atoms with van der Waals surface area (Å²) < 4.78 is 6.03. The second-order valence-electron chi connectivity index (χ2n) is 5.24. The van der Waals surface area contributed by atoms with E-state index in [-0.39, 0.29) is 0 Å². The lowest BCUT2D eigenvalue weighted by molar-refractivity contribution is 0.524. The quantitative estimate of drug-likeness (QED) is 0.693. The maximum absolute atomic E-state index is 6.03. The molecule has 0 aliphatic heterocycles. The van der Waals surface area contributed by atoms with Gasteiger partial charge in [-0.3, -0.25) is 0 Å². The van der Waals surface area contributed by atoms with E-state index in [1.54, 1.807) is 6.20 Å². The number of hydrogen-bond donors (Lipinski definition) is 2. The first-order valence-corrected chi connectivity index (χ1v) is 7.56. The molecule has 2 heterocycles. The van der Waals surface area contributed by atoms with Gasteiger partial charge >= 0.3 is 0 Å². The van der Waals surface area contributed by atoms with Crippen molar-refractivity contribution in [1.82, 2.24) is 15.3 Å². The number of nitrogens with one attached hydrogen (secondary N) is 2. The van der Waals surface area contributed by atoms with Crippen molar-refractivity contribution in [2.75, 3.05) is 0 Å². The van der Waals surface area contributed by atoms with Crippen molar-refractivity contribution >= 4 is 11.0 Å². The molecule has 0 spiro atoms. The van der Waals surface area contributed by atoms with Crippen LogP contribution in [-0.2, 0) is 19.5 Å². The van der Waals surface area contributed by atoms with E-state index in [0.29, 0.717) is 0 Å². The van der Waals surface area contributed by atoms with Gasteiger partial charge in [0.25, 0.3) is 0 Å². The summed E-state index contributed by atoms with van der Waals surface area (Å²) in [5.41, 5.74) is 2.27. The summed E-state index contributed by atoms with van der Waals surface area (Å²) in [7, 11) is 0. The van der Waals surface area contributed by atoms with Gasteiger partial charge in [-0.25, -0.2) is 4.98 Å². The van der Waals surface area contributed by atoms with Gasteiger partial charge < -0.3 is 14.7 Å². The molecule has 0 aliphatic rings. The van der Waals surface area contributed by atoms with Crippen molar-refractivity contribution in [2.45, 2.75) is 39.3 Å². The molecule has 2 aromatic heterocycles. The number of hydrogen-bond acceptors (Lipinski definition) is 3. The zero-order valence-electron chi connectivity index (χ0n) is 12.4. The lowest BCUT2D eigenvalue weighted by atomic mass is 10.1. The number of furan rings is 1. The summed E-state index contributed by atoms with van der Waals surface area (Å²) in [6.45, 7) is 3.74. The zero-order valence-corrected chi connectivity index (χ0v) is 12.4. The lowest BCUT2D eigenvalue weighted by Gasteiger charge is -2.04. The minimum atomic E-state index is 0.736. The molecule has 21 heavy (non-hydrogen) atoms. The van der Waals surface area contributed by atoms with Crippen LogP contribution in [0.15, 0.2) is 41.1 Å². The molecule has 110 valence electrons. The third kappa shape index (κ3) is 3.16. The van der Waals surface area contributed by atoms with Gasteiger partial charge in [-0.05, 0) is 12.5 Å². The monoisotopic (exact) mass is 283 g/mol. The summed E-state index contributed by atoms with van der Waals surface area (Å²) in [4.78, 5) is 7.33. The Kier molecular flexibility index (Phi) is 4.36. The van der Waals surface area contributed by atoms with Crippen LogP contribution in [0, 0.1) is 0 Å². The van der Waals surface area contributed by atoms with Crippen LogP contribution in [0.1, 0.15) is 36.9 Å². The number of aryl methyl sites for hydroxylation is 1. The van der Waals surface area contributed by atoms with Crippen molar-refractivity contribution in [3.8, 4) is 0 Å². The number of unbranched alkanes of at least 4 members (excludes halogenated alkanes) is 1. The van der Waals surface area contributed by atoms with Crippen LogP contribution in [0.2, 0.25) is 0 Å². The Hall–Kier alpha value is -2.07. The highest BCUT2D eigenvalue weighted by Gasteiger charge is 2.13. The van der Waals surface area contributed by atoms with E-state index in [1.807, 2.05) is 18.3 Å². The van der Waals surface area contributed by atoms with Gasteiger partial charge in [-0.15, -0.1) is 0 Å². The van der Waals surface area contributed by atoms with Gasteiger partial charge in [0.05, 0.1) is 6.54 Å². The molecule has 0 amide bonds. The Bertz CT molecular complexity index is 685.